The van der Waals surface area contributed by atoms with Gasteiger partial charge in [-0.25, -0.2) is 9.67 Å². The van der Waals surface area contributed by atoms with E-state index in [1.165, 1.54) is 19.5 Å². The second kappa shape index (κ2) is 2.45. The number of nitrogen functional groups attached to an aromatic ring is 1. The highest BCUT2D eigenvalue weighted by atomic mass is 15.4. The van der Waals surface area contributed by atoms with Crippen LogP contribution in [0.2, 0.25) is 0 Å². The SMILES string of the molecule is Nc1ncn(C2CN3CC[C@H]2C3)n1. The normalized spacial score (nSPS) is 37.1. The lowest BCUT2D eigenvalue weighted by molar-refractivity contribution is 0.285. The molecule has 1 aromatic heterocycles. The molecule has 2 unspecified atom stereocenters. The van der Waals surface area contributed by atoms with Crippen molar-refractivity contribution in [3.63, 3.8) is 0 Å². The summed E-state index contributed by atoms with van der Waals surface area (Å²) in [5.74, 6) is 1.15. The van der Waals surface area contributed by atoms with Crippen LogP contribution in [-0.4, -0.2) is 39.3 Å². The van der Waals surface area contributed by atoms with Gasteiger partial charge in [-0.15, -0.1) is 5.10 Å². The largest absolute Gasteiger partial charge is 0.367 e. The maximum atomic E-state index is 5.49. The lowest BCUT2D eigenvalue weighted by atomic mass is 10.0. The fourth-order valence-electron chi connectivity index (χ4n) is 2.50. The van der Waals surface area contributed by atoms with Crippen LogP contribution >= 0.6 is 0 Å². The summed E-state index contributed by atoms with van der Waals surface area (Å²) in [6.07, 6.45) is 3.05. The summed E-state index contributed by atoms with van der Waals surface area (Å²) >= 11 is 0. The molecule has 2 fully saturated rings. The van der Waals surface area contributed by atoms with Crippen LogP contribution < -0.4 is 5.73 Å². The van der Waals surface area contributed by atoms with Crippen molar-refractivity contribution in [3.8, 4) is 0 Å². The maximum Gasteiger partial charge on any atom is 0.239 e. The van der Waals surface area contributed by atoms with Crippen LogP contribution in [0.5, 0.6) is 0 Å². The van der Waals surface area contributed by atoms with Crippen LogP contribution in [0.3, 0.4) is 0 Å². The number of aromatic nitrogens is 3. The first-order chi connectivity index (χ1) is 6.33. The molecule has 0 aliphatic carbocycles. The quantitative estimate of drug-likeness (QED) is 0.645. The fourth-order valence-corrected chi connectivity index (χ4v) is 2.50. The molecule has 0 aromatic carbocycles. The summed E-state index contributed by atoms with van der Waals surface area (Å²) in [5.41, 5.74) is 5.49. The van der Waals surface area contributed by atoms with E-state index < -0.39 is 0 Å². The summed E-state index contributed by atoms with van der Waals surface area (Å²) in [5, 5.41) is 4.17. The molecular weight excluding hydrogens is 166 g/mol. The van der Waals surface area contributed by atoms with E-state index in [-0.39, 0.29) is 0 Å². The van der Waals surface area contributed by atoms with Gasteiger partial charge in [-0.1, -0.05) is 0 Å². The van der Waals surface area contributed by atoms with Gasteiger partial charge in [0.05, 0.1) is 6.04 Å². The zero-order valence-electron chi connectivity index (χ0n) is 7.43. The van der Waals surface area contributed by atoms with Gasteiger partial charge in [0.1, 0.15) is 6.33 Å². The molecule has 2 N–H and O–H groups in total. The Kier molecular flexibility index (Phi) is 1.38. The van der Waals surface area contributed by atoms with E-state index in [1.54, 1.807) is 6.33 Å². The van der Waals surface area contributed by atoms with Gasteiger partial charge >= 0.3 is 0 Å². The van der Waals surface area contributed by atoms with E-state index in [9.17, 15) is 0 Å². The van der Waals surface area contributed by atoms with Gasteiger partial charge in [-0.05, 0) is 18.9 Å². The predicted octanol–water partition coefficient (Wildman–Crippen LogP) is -0.263. The van der Waals surface area contributed by atoms with Crippen LogP contribution in [0.1, 0.15) is 12.5 Å². The molecule has 0 spiro atoms. The van der Waals surface area contributed by atoms with E-state index in [4.69, 9.17) is 5.73 Å². The average Bonchev–Trinajstić information content (AvgIpc) is 2.77. The minimum Gasteiger partial charge on any atom is -0.367 e. The third kappa shape index (κ3) is 1.03. The lowest BCUT2D eigenvalue weighted by Gasteiger charge is -2.21. The number of hydrogen-bond acceptors (Lipinski definition) is 4. The third-order valence-corrected chi connectivity index (χ3v) is 3.16. The first kappa shape index (κ1) is 7.32. The van der Waals surface area contributed by atoms with Crippen LogP contribution in [-0.2, 0) is 0 Å². The summed E-state index contributed by atoms with van der Waals surface area (Å²) in [4.78, 5) is 6.44. The average molecular weight is 179 g/mol. The van der Waals surface area contributed by atoms with Crippen LogP contribution in [0.15, 0.2) is 6.33 Å². The number of piperidine rings is 1. The Bertz CT molecular complexity index is 320. The highest BCUT2D eigenvalue weighted by Crippen LogP contribution is 2.35. The molecule has 70 valence electrons. The van der Waals surface area contributed by atoms with Crippen LogP contribution in [0.25, 0.3) is 0 Å². The number of nitrogens with zero attached hydrogens (tertiary/aromatic N) is 4. The first-order valence-corrected chi connectivity index (χ1v) is 4.72. The van der Waals surface area contributed by atoms with E-state index in [2.05, 4.69) is 15.0 Å². The number of hydrogen-bond donors (Lipinski definition) is 1. The van der Waals surface area contributed by atoms with Crippen molar-refractivity contribution in [1.29, 1.82) is 0 Å². The molecule has 3 rings (SSSR count). The predicted molar refractivity (Wildman–Crippen MR) is 48.0 cm³/mol. The Balaban J connectivity index is 1.87. The highest BCUT2D eigenvalue weighted by molar-refractivity contribution is 5.10. The van der Waals surface area contributed by atoms with Crippen LogP contribution in [0, 0.1) is 5.92 Å². The molecule has 5 nitrogen and oxygen atoms in total. The topological polar surface area (TPSA) is 60.0 Å². The molecule has 3 atom stereocenters. The van der Waals surface area contributed by atoms with Gasteiger partial charge in [0.15, 0.2) is 0 Å². The summed E-state index contributed by atoms with van der Waals surface area (Å²) in [6, 6.07) is 0.513. The maximum absolute atomic E-state index is 5.49. The Hall–Kier alpha value is -1.10. The van der Waals surface area contributed by atoms with Gasteiger partial charge < -0.3 is 10.6 Å². The van der Waals surface area contributed by atoms with Gasteiger partial charge in [0.2, 0.25) is 5.95 Å². The fraction of sp³-hybridized carbons (Fsp3) is 0.750. The van der Waals surface area contributed by atoms with Crippen LogP contribution in [0.4, 0.5) is 5.95 Å². The van der Waals surface area contributed by atoms with Crippen molar-refractivity contribution in [2.75, 3.05) is 25.4 Å². The van der Waals surface area contributed by atoms with Crippen molar-refractivity contribution in [2.24, 2.45) is 5.92 Å². The number of fused-ring (bicyclic) bond motifs is 2. The molecule has 0 saturated carbocycles. The van der Waals surface area contributed by atoms with E-state index in [0.29, 0.717) is 12.0 Å². The Morgan fingerprint density at radius 1 is 1.46 bits per heavy atom. The van der Waals surface area contributed by atoms with Gasteiger partial charge in [-0.2, -0.15) is 0 Å². The van der Waals surface area contributed by atoms with E-state index in [1.807, 2.05) is 4.68 Å². The molecule has 13 heavy (non-hydrogen) atoms. The van der Waals surface area contributed by atoms with Crippen molar-refractivity contribution < 1.29 is 0 Å². The second-order valence-electron chi connectivity index (χ2n) is 3.96. The summed E-state index contributed by atoms with van der Waals surface area (Å²) < 4.78 is 1.93. The van der Waals surface area contributed by atoms with Gasteiger partial charge in [0.25, 0.3) is 0 Å². The minimum atomic E-state index is 0.387. The minimum absolute atomic E-state index is 0.387. The van der Waals surface area contributed by atoms with E-state index >= 15 is 0 Å². The zero-order valence-corrected chi connectivity index (χ0v) is 7.43. The molecule has 2 aliphatic heterocycles. The number of nitrogens with two attached hydrogens (primary N) is 1. The lowest BCUT2D eigenvalue weighted by Crippen LogP contribution is -2.26. The van der Waals surface area contributed by atoms with Gasteiger partial charge in [-0.3, -0.25) is 0 Å². The molecular formula is C8H13N5. The van der Waals surface area contributed by atoms with Crippen molar-refractivity contribution in [3.05, 3.63) is 6.33 Å². The summed E-state index contributed by atoms with van der Waals surface area (Å²) in [6.45, 7) is 3.60. The molecule has 0 amide bonds. The molecule has 2 aliphatic rings. The molecule has 2 saturated heterocycles. The summed E-state index contributed by atoms with van der Waals surface area (Å²) in [7, 11) is 0. The Morgan fingerprint density at radius 3 is 2.92 bits per heavy atom. The van der Waals surface area contributed by atoms with Crippen molar-refractivity contribution in [2.45, 2.75) is 12.5 Å². The monoisotopic (exact) mass is 179 g/mol. The van der Waals surface area contributed by atoms with Gasteiger partial charge in [0, 0.05) is 13.1 Å². The van der Waals surface area contributed by atoms with Crippen molar-refractivity contribution >= 4 is 5.95 Å². The third-order valence-electron chi connectivity index (χ3n) is 3.16. The molecule has 5 heteroatoms. The Labute approximate surface area is 76.5 Å². The van der Waals surface area contributed by atoms with E-state index in [0.717, 1.165) is 12.5 Å². The zero-order chi connectivity index (χ0) is 8.84. The number of rotatable bonds is 1. The molecule has 0 radical (unpaired) electrons. The second-order valence-corrected chi connectivity index (χ2v) is 3.96. The number of anilines is 1. The molecule has 1 aromatic rings. The first-order valence-electron chi connectivity index (χ1n) is 4.72. The highest BCUT2D eigenvalue weighted by Gasteiger charge is 2.39. The molecule has 2 bridgehead atoms. The standard InChI is InChI=1S/C8H13N5/c9-8-10-5-13(11-8)7-4-12-2-1-6(7)3-12/h5-7H,1-4H2,(H2,9,11)/t6-,7?/m0/s1. The van der Waals surface area contributed by atoms with Crippen molar-refractivity contribution in [1.82, 2.24) is 19.7 Å². The smallest absolute Gasteiger partial charge is 0.239 e. The molecule has 3 heterocycles. The Morgan fingerprint density at radius 2 is 2.38 bits per heavy atom.